The lowest BCUT2D eigenvalue weighted by Crippen LogP contribution is -3.17. The van der Waals surface area contributed by atoms with Gasteiger partial charge in [0.15, 0.2) is 0 Å². The van der Waals surface area contributed by atoms with Crippen LogP contribution in [0.4, 0.5) is 0 Å². The van der Waals surface area contributed by atoms with Crippen LogP contribution in [0.15, 0.2) is 48.5 Å². The molecule has 0 spiro atoms. The molecule has 4 nitrogen and oxygen atoms in total. The number of carboxylic acid groups (broad SMARTS) is 1. The first-order chi connectivity index (χ1) is 12.3. The highest BCUT2D eigenvalue weighted by atomic mass is 16.4. The maximum atomic E-state index is 11.4. The second kappa shape index (κ2) is 8.86. The molecule has 0 amide bonds. The maximum absolute atomic E-state index is 11.4. The lowest BCUT2D eigenvalue weighted by molar-refractivity contribution is -0.942. The van der Waals surface area contributed by atoms with Crippen LogP contribution in [0.2, 0.25) is 0 Å². The lowest BCUT2D eigenvalue weighted by atomic mass is 9.86. The molecule has 0 aromatic heterocycles. The molecule has 2 aromatic carbocycles. The van der Waals surface area contributed by atoms with Crippen molar-refractivity contribution >= 4 is 5.97 Å². The van der Waals surface area contributed by atoms with Crippen molar-refractivity contribution in [1.29, 1.82) is 0 Å². The molecular formula is C22H30NO3+. The smallest absolute Gasteiger partial charge is 0.335 e. The number of phenolic OH excluding ortho intramolecular Hbond substituents is 1. The molecule has 0 unspecified atom stereocenters. The Labute approximate surface area is 156 Å². The van der Waals surface area contributed by atoms with Gasteiger partial charge in [-0.25, -0.2) is 4.79 Å². The van der Waals surface area contributed by atoms with Gasteiger partial charge in [0.25, 0.3) is 0 Å². The number of carboxylic acids is 1. The van der Waals surface area contributed by atoms with Crippen molar-refractivity contribution in [2.24, 2.45) is 0 Å². The van der Waals surface area contributed by atoms with Crippen LogP contribution >= 0.6 is 0 Å². The van der Waals surface area contributed by atoms with Gasteiger partial charge >= 0.3 is 5.97 Å². The fourth-order valence-electron chi connectivity index (χ4n) is 3.71. The van der Waals surface area contributed by atoms with E-state index in [4.69, 9.17) is 0 Å². The Kier molecular flexibility index (Phi) is 6.81. The summed E-state index contributed by atoms with van der Waals surface area (Å²) in [5.74, 6) is -0.864. The zero-order valence-corrected chi connectivity index (χ0v) is 16.1. The fraction of sp³-hybridized carbons (Fsp3) is 0.409. The van der Waals surface area contributed by atoms with Crippen LogP contribution in [0.1, 0.15) is 61.5 Å². The average Bonchev–Trinajstić information content (AvgIpc) is 2.59. The summed E-state index contributed by atoms with van der Waals surface area (Å²) in [6.07, 6.45) is 0.840. The Morgan fingerprint density at radius 1 is 1.00 bits per heavy atom. The van der Waals surface area contributed by atoms with E-state index >= 15 is 0 Å². The Balaban J connectivity index is 2.40. The van der Waals surface area contributed by atoms with Crippen LogP contribution in [0, 0.1) is 0 Å². The Bertz CT molecular complexity index is 717. The van der Waals surface area contributed by atoms with Crippen LogP contribution in [0.3, 0.4) is 0 Å². The molecule has 0 radical (unpaired) electrons. The normalized spacial score (nSPS) is 12.7. The first kappa shape index (κ1) is 20.0. The summed E-state index contributed by atoms with van der Waals surface area (Å²) < 4.78 is 0. The van der Waals surface area contributed by atoms with Crippen molar-refractivity contribution in [3.05, 3.63) is 65.2 Å². The first-order valence-corrected chi connectivity index (χ1v) is 9.28. The van der Waals surface area contributed by atoms with Crippen LogP contribution in [0.25, 0.3) is 0 Å². The first-order valence-electron chi connectivity index (χ1n) is 9.28. The van der Waals surface area contributed by atoms with Crippen LogP contribution < -0.4 is 4.90 Å². The summed E-state index contributed by atoms with van der Waals surface area (Å²) >= 11 is 0. The molecule has 0 fully saturated rings. The minimum Gasteiger partial charge on any atom is -0.508 e. The Morgan fingerprint density at radius 3 is 2.15 bits per heavy atom. The molecule has 1 atom stereocenters. The topological polar surface area (TPSA) is 62.0 Å². The second-order valence-electron chi connectivity index (χ2n) is 7.47. The van der Waals surface area contributed by atoms with Crippen molar-refractivity contribution in [2.75, 3.05) is 6.54 Å². The summed E-state index contributed by atoms with van der Waals surface area (Å²) in [5.41, 5.74) is 1.98. The zero-order chi connectivity index (χ0) is 19.3. The standard InChI is InChI=1S/C22H29NO3/c1-15(2)23(16(3)4)13-12-19(17-8-6-5-7-9-17)20-14-18(22(25)26)10-11-21(20)24/h5-11,14-16,19,24H,12-13H2,1-4H3,(H,25,26)/p+1/t19-/m1/s1. The number of hydrogen-bond donors (Lipinski definition) is 3. The molecular weight excluding hydrogens is 326 g/mol. The Morgan fingerprint density at radius 2 is 1.62 bits per heavy atom. The van der Waals surface area contributed by atoms with Gasteiger partial charge in [-0.1, -0.05) is 30.3 Å². The van der Waals surface area contributed by atoms with Crippen LogP contribution in [-0.2, 0) is 0 Å². The van der Waals surface area contributed by atoms with Gasteiger partial charge in [0.2, 0.25) is 0 Å². The highest BCUT2D eigenvalue weighted by Crippen LogP contribution is 2.34. The molecule has 2 aromatic rings. The second-order valence-corrected chi connectivity index (χ2v) is 7.47. The number of carbonyl (C=O) groups is 1. The van der Waals surface area contributed by atoms with E-state index in [1.807, 2.05) is 30.3 Å². The summed E-state index contributed by atoms with van der Waals surface area (Å²) in [4.78, 5) is 12.9. The van der Waals surface area contributed by atoms with E-state index in [0.29, 0.717) is 17.6 Å². The zero-order valence-electron chi connectivity index (χ0n) is 16.1. The molecule has 0 aliphatic carbocycles. The number of aromatic carboxylic acids is 1. The summed E-state index contributed by atoms with van der Waals surface area (Å²) in [6, 6.07) is 15.6. The summed E-state index contributed by atoms with van der Waals surface area (Å²) in [7, 11) is 0. The maximum Gasteiger partial charge on any atom is 0.335 e. The highest BCUT2D eigenvalue weighted by Gasteiger charge is 2.24. The number of nitrogens with one attached hydrogen (secondary N) is 1. The van der Waals surface area contributed by atoms with Gasteiger partial charge in [-0.15, -0.1) is 0 Å². The van der Waals surface area contributed by atoms with Gasteiger partial charge in [0, 0.05) is 17.9 Å². The number of aromatic hydroxyl groups is 1. The number of hydrogen-bond acceptors (Lipinski definition) is 2. The molecule has 0 saturated carbocycles. The third kappa shape index (κ3) is 4.85. The van der Waals surface area contributed by atoms with Crippen molar-refractivity contribution in [1.82, 2.24) is 0 Å². The van der Waals surface area contributed by atoms with Gasteiger partial charge in [-0.2, -0.15) is 0 Å². The lowest BCUT2D eigenvalue weighted by Gasteiger charge is -2.29. The Hall–Kier alpha value is -2.33. The number of quaternary nitrogens is 1. The minimum atomic E-state index is -0.977. The van der Waals surface area contributed by atoms with E-state index in [2.05, 4.69) is 27.7 Å². The SMILES string of the molecule is CC(C)[NH+](CC[C@H](c1ccccc1)c1cc(C(=O)O)ccc1O)C(C)C. The number of benzene rings is 2. The summed E-state index contributed by atoms with van der Waals surface area (Å²) in [6.45, 7) is 9.82. The predicted molar refractivity (Wildman–Crippen MR) is 104 cm³/mol. The molecule has 2 rings (SSSR count). The molecule has 0 heterocycles. The van der Waals surface area contributed by atoms with E-state index in [1.54, 1.807) is 6.07 Å². The molecule has 0 aliphatic rings. The van der Waals surface area contributed by atoms with Gasteiger partial charge in [-0.05, 0) is 51.5 Å². The molecule has 26 heavy (non-hydrogen) atoms. The van der Waals surface area contributed by atoms with E-state index in [0.717, 1.165) is 18.5 Å². The molecule has 0 bridgehead atoms. The highest BCUT2D eigenvalue weighted by molar-refractivity contribution is 5.88. The third-order valence-corrected chi connectivity index (χ3v) is 5.06. The van der Waals surface area contributed by atoms with Gasteiger partial charge in [0.1, 0.15) is 5.75 Å². The minimum absolute atomic E-state index is 0.0389. The van der Waals surface area contributed by atoms with Gasteiger partial charge in [-0.3, -0.25) is 0 Å². The number of rotatable bonds is 8. The molecule has 0 aliphatic heterocycles. The van der Waals surface area contributed by atoms with E-state index < -0.39 is 5.97 Å². The van der Waals surface area contributed by atoms with Crippen molar-refractivity contribution in [3.63, 3.8) is 0 Å². The van der Waals surface area contributed by atoms with E-state index in [9.17, 15) is 15.0 Å². The molecule has 0 saturated heterocycles. The average molecular weight is 356 g/mol. The van der Waals surface area contributed by atoms with Gasteiger partial charge < -0.3 is 15.1 Å². The molecule has 140 valence electrons. The summed E-state index contributed by atoms with van der Waals surface area (Å²) in [5, 5.41) is 19.8. The third-order valence-electron chi connectivity index (χ3n) is 5.06. The number of phenols is 1. The van der Waals surface area contributed by atoms with Crippen molar-refractivity contribution in [2.45, 2.75) is 52.1 Å². The van der Waals surface area contributed by atoms with Gasteiger partial charge in [0.05, 0.1) is 24.2 Å². The largest absolute Gasteiger partial charge is 0.508 e. The van der Waals surface area contributed by atoms with Crippen molar-refractivity contribution in [3.8, 4) is 5.75 Å². The molecule has 4 heteroatoms. The van der Waals surface area contributed by atoms with E-state index in [1.165, 1.54) is 17.0 Å². The predicted octanol–water partition coefficient (Wildman–Crippen LogP) is 3.31. The van der Waals surface area contributed by atoms with E-state index in [-0.39, 0.29) is 17.2 Å². The molecule has 3 N–H and O–H groups in total. The quantitative estimate of drug-likeness (QED) is 0.680. The van der Waals surface area contributed by atoms with Crippen LogP contribution in [0.5, 0.6) is 5.75 Å². The van der Waals surface area contributed by atoms with Crippen LogP contribution in [-0.4, -0.2) is 34.8 Å². The fourth-order valence-corrected chi connectivity index (χ4v) is 3.71. The monoisotopic (exact) mass is 356 g/mol. The van der Waals surface area contributed by atoms with Crippen molar-refractivity contribution < 1.29 is 19.9 Å².